The van der Waals surface area contributed by atoms with Crippen molar-refractivity contribution in [3.63, 3.8) is 0 Å². The van der Waals surface area contributed by atoms with Gasteiger partial charge in [-0.15, -0.1) is 0 Å². The summed E-state index contributed by atoms with van der Waals surface area (Å²) in [7, 11) is 0. The molecule has 0 aliphatic rings. The molecule has 0 aliphatic carbocycles. The van der Waals surface area contributed by atoms with Gasteiger partial charge in [-0.2, -0.15) is 0 Å². The lowest BCUT2D eigenvalue weighted by Gasteiger charge is -2.39. The summed E-state index contributed by atoms with van der Waals surface area (Å²) >= 11 is 0. The molecule has 0 aliphatic heterocycles. The number of nitrogens with two attached hydrogens (primary N) is 1. The third-order valence-electron chi connectivity index (χ3n) is 3.67. The molecule has 0 saturated heterocycles. The predicted octanol–water partition coefficient (Wildman–Crippen LogP) is 3.58. The SMILES string of the molecule is CCCCC(C)(C(C)C)C(N)CC. The van der Waals surface area contributed by atoms with E-state index in [1.165, 1.54) is 19.3 Å². The highest BCUT2D eigenvalue weighted by atomic mass is 14.7. The van der Waals surface area contributed by atoms with Crippen LogP contribution in [0.4, 0.5) is 0 Å². The maximum absolute atomic E-state index is 6.19. The second-order valence-corrected chi connectivity index (χ2v) is 4.78. The molecule has 0 amide bonds. The van der Waals surface area contributed by atoms with Crippen molar-refractivity contribution in [3.05, 3.63) is 0 Å². The molecule has 80 valence electrons. The van der Waals surface area contributed by atoms with Crippen LogP contribution in [0.1, 0.15) is 60.3 Å². The van der Waals surface area contributed by atoms with E-state index in [2.05, 4.69) is 34.6 Å². The Morgan fingerprint density at radius 2 is 1.77 bits per heavy atom. The van der Waals surface area contributed by atoms with Gasteiger partial charge in [-0.1, -0.05) is 47.5 Å². The van der Waals surface area contributed by atoms with Crippen molar-refractivity contribution < 1.29 is 0 Å². The molecule has 0 heterocycles. The van der Waals surface area contributed by atoms with E-state index < -0.39 is 0 Å². The van der Waals surface area contributed by atoms with Crippen LogP contribution in [-0.4, -0.2) is 6.04 Å². The monoisotopic (exact) mass is 185 g/mol. The van der Waals surface area contributed by atoms with Crippen molar-refractivity contribution >= 4 is 0 Å². The number of unbranched alkanes of at least 4 members (excludes halogenated alkanes) is 1. The first-order valence-electron chi connectivity index (χ1n) is 5.74. The first-order chi connectivity index (χ1) is 5.99. The Kier molecular flexibility index (Phi) is 5.62. The van der Waals surface area contributed by atoms with E-state index >= 15 is 0 Å². The fraction of sp³-hybridized carbons (Fsp3) is 1.00. The van der Waals surface area contributed by atoms with Crippen molar-refractivity contribution in [3.8, 4) is 0 Å². The van der Waals surface area contributed by atoms with Crippen molar-refractivity contribution in [2.75, 3.05) is 0 Å². The van der Waals surface area contributed by atoms with Crippen molar-refractivity contribution in [2.45, 2.75) is 66.3 Å². The number of rotatable bonds is 6. The van der Waals surface area contributed by atoms with Crippen LogP contribution in [0.25, 0.3) is 0 Å². The van der Waals surface area contributed by atoms with Gasteiger partial charge in [0.15, 0.2) is 0 Å². The molecule has 2 unspecified atom stereocenters. The maximum atomic E-state index is 6.19. The summed E-state index contributed by atoms with van der Waals surface area (Å²) in [4.78, 5) is 0. The molecule has 0 aromatic carbocycles. The fourth-order valence-corrected chi connectivity index (χ4v) is 1.93. The summed E-state index contributed by atoms with van der Waals surface area (Å²) < 4.78 is 0. The summed E-state index contributed by atoms with van der Waals surface area (Å²) in [6.45, 7) is 11.4. The van der Waals surface area contributed by atoms with E-state index in [1.807, 2.05) is 0 Å². The van der Waals surface area contributed by atoms with Gasteiger partial charge >= 0.3 is 0 Å². The van der Waals surface area contributed by atoms with E-state index in [1.54, 1.807) is 0 Å². The molecule has 1 nitrogen and oxygen atoms in total. The standard InChI is InChI=1S/C12H27N/c1-6-8-9-12(5,10(3)4)11(13)7-2/h10-11H,6-9,13H2,1-5H3. The summed E-state index contributed by atoms with van der Waals surface area (Å²) in [5, 5.41) is 0. The van der Waals surface area contributed by atoms with Gasteiger partial charge in [0.1, 0.15) is 0 Å². The van der Waals surface area contributed by atoms with Gasteiger partial charge in [0.2, 0.25) is 0 Å². The zero-order chi connectivity index (χ0) is 10.5. The van der Waals surface area contributed by atoms with Crippen LogP contribution < -0.4 is 5.73 Å². The van der Waals surface area contributed by atoms with Gasteiger partial charge < -0.3 is 5.73 Å². The Morgan fingerprint density at radius 1 is 1.23 bits per heavy atom. The van der Waals surface area contributed by atoms with Crippen molar-refractivity contribution in [2.24, 2.45) is 17.1 Å². The smallest absolute Gasteiger partial charge is 0.00927 e. The maximum Gasteiger partial charge on any atom is 0.00927 e. The first-order valence-corrected chi connectivity index (χ1v) is 5.74. The molecule has 13 heavy (non-hydrogen) atoms. The van der Waals surface area contributed by atoms with E-state index in [0.717, 1.165) is 6.42 Å². The lowest BCUT2D eigenvalue weighted by atomic mass is 9.69. The fourth-order valence-electron chi connectivity index (χ4n) is 1.93. The van der Waals surface area contributed by atoms with E-state index in [0.29, 0.717) is 17.4 Å². The molecule has 0 rings (SSSR count). The predicted molar refractivity (Wildman–Crippen MR) is 60.7 cm³/mol. The summed E-state index contributed by atoms with van der Waals surface area (Å²) in [5.74, 6) is 0.689. The van der Waals surface area contributed by atoms with Gasteiger partial charge in [-0.25, -0.2) is 0 Å². The molecule has 0 radical (unpaired) electrons. The normalized spacial score (nSPS) is 18.7. The lowest BCUT2D eigenvalue weighted by Crippen LogP contribution is -2.42. The topological polar surface area (TPSA) is 26.0 Å². The molecular formula is C12H27N. The minimum Gasteiger partial charge on any atom is -0.327 e. The Balaban J connectivity index is 4.33. The van der Waals surface area contributed by atoms with E-state index in [9.17, 15) is 0 Å². The molecule has 2 N–H and O–H groups in total. The molecular weight excluding hydrogens is 158 g/mol. The zero-order valence-electron chi connectivity index (χ0n) is 10.1. The van der Waals surface area contributed by atoms with Crippen LogP contribution in [0.15, 0.2) is 0 Å². The summed E-state index contributed by atoms with van der Waals surface area (Å²) in [5.41, 5.74) is 6.53. The highest BCUT2D eigenvalue weighted by Crippen LogP contribution is 2.36. The molecule has 0 fully saturated rings. The van der Waals surface area contributed by atoms with Crippen molar-refractivity contribution in [1.29, 1.82) is 0 Å². The second kappa shape index (κ2) is 5.64. The third-order valence-corrected chi connectivity index (χ3v) is 3.67. The van der Waals surface area contributed by atoms with Crippen LogP contribution in [0.5, 0.6) is 0 Å². The highest BCUT2D eigenvalue weighted by Gasteiger charge is 2.32. The van der Waals surface area contributed by atoms with E-state index in [4.69, 9.17) is 5.73 Å². The molecule has 0 saturated carbocycles. The number of hydrogen-bond acceptors (Lipinski definition) is 1. The quantitative estimate of drug-likeness (QED) is 0.672. The Morgan fingerprint density at radius 3 is 2.08 bits per heavy atom. The minimum absolute atomic E-state index is 0.338. The van der Waals surface area contributed by atoms with E-state index in [-0.39, 0.29) is 0 Å². The average molecular weight is 185 g/mol. The molecule has 0 aromatic rings. The van der Waals surface area contributed by atoms with Crippen LogP contribution in [-0.2, 0) is 0 Å². The minimum atomic E-state index is 0.338. The Hall–Kier alpha value is -0.0400. The Bertz CT molecular complexity index is 131. The Labute approximate surface area is 84.1 Å². The third kappa shape index (κ3) is 3.30. The van der Waals surface area contributed by atoms with Gasteiger partial charge in [-0.05, 0) is 24.2 Å². The zero-order valence-corrected chi connectivity index (χ0v) is 10.1. The molecule has 1 heteroatoms. The van der Waals surface area contributed by atoms with Crippen molar-refractivity contribution in [1.82, 2.24) is 0 Å². The molecule has 0 bridgehead atoms. The van der Waals surface area contributed by atoms with Crippen LogP contribution in [0, 0.1) is 11.3 Å². The lowest BCUT2D eigenvalue weighted by molar-refractivity contribution is 0.144. The number of hydrogen-bond donors (Lipinski definition) is 1. The average Bonchev–Trinajstić information content (AvgIpc) is 2.12. The van der Waals surface area contributed by atoms with Crippen LogP contribution in [0.3, 0.4) is 0 Å². The largest absolute Gasteiger partial charge is 0.327 e. The summed E-state index contributed by atoms with van der Waals surface area (Å²) in [6.07, 6.45) is 4.95. The highest BCUT2D eigenvalue weighted by molar-refractivity contribution is 4.87. The molecule has 2 atom stereocenters. The van der Waals surface area contributed by atoms with Crippen LogP contribution in [0.2, 0.25) is 0 Å². The molecule has 0 aromatic heterocycles. The summed E-state index contributed by atoms with van der Waals surface area (Å²) in [6, 6.07) is 0.360. The molecule has 0 spiro atoms. The van der Waals surface area contributed by atoms with Gasteiger partial charge in [0.05, 0.1) is 0 Å². The van der Waals surface area contributed by atoms with Gasteiger partial charge in [-0.3, -0.25) is 0 Å². The van der Waals surface area contributed by atoms with Gasteiger partial charge in [0, 0.05) is 6.04 Å². The van der Waals surface area contributed by atoms with Crippen LogP contribution >= 0.6 is 0 Å². The van der Waals surface area contributed by atoms with Gasteiger partial charge in [0.25, 0.3) is 0 Å². The first kappa shape index (κ1) is 13.0. The second-order valence-electron chi connectivity index (χ2n) is 4.78.